The Labute approximate surface area is 92.8 Å². The van der Waals surface area contributed by atoms with Crippen LogP contribution in [0.1, 0.15) is 39.5 Å². The van der Waals surface area contributed by atoms with E-state index < -0.39 is 12.1 Å². The van der Waals surface area contributed by atoms with Crippen LogP contribution in [0.15, 0.2) is 0 Å². The number of halogens is 3. The zero-order valence-electron chi connectivity index (χ0n) is 9.56. The molecule has 1 aliphatic rings. The lowest BCUT2D eigenvalue weighted by molar-refractivity contribution is -0.427. The molecule has 96 valence electrons. The Morgan fingerprint density at radius 1 is 1.31 bits per heavy atom. The third-order valence-corrected chi connectivity index (χ3v) is 2.69. The van der Waals surface area contributed by atoms with Gasteiger partial charge in [0.2, 0.25) is 0 Å². The molecule has 0 heterocycles. The van der Waals surface area contributed by atoms with Gasteiger partial charge in [-0.2, -0.15) is 13.2 Å². The van der Waals surface area contributed by atoms with E-state index in [0.29, 0.717) is 5.41 Å². The topological polar surface area (TPSA) is 67.8 Å². The van der Waals surface area contributed by atoms with Crippen LogP contribution in [-0.4, -0.2) is 18.2 Å². The number of quaternary nitrogens is 1. The van der Waals surface area contributed by atoms with Crippen LogP contribution in [-0.2, 0) is 4.79 Å². The molecule has 0 aromatic carbocycles. The molecule has 0 amide bonds. The fourth-order valence-electron chi connectivity index (χ4n) is 1.46. The first kappa shape index (κ1) is 15.2. The lowest BCUT2D eigenvalue weighted by atomic mass is 9.76. The van der Waals surface area contributed by atoms with Gasteiger partial charge in [-0.15, -0.1) is 0 Å². The van der Waals surface area contributed by atoms with E-state index in [1.807, 2.05) is 0 Å². The third kappa shape index (κ3) is 6.66. The molecule has 0 atom stereocenters. The highest BCUT2D eigenvalue weighted by Gasteiger charge is 2.28. The van der Waals surface area contributed by atoms with Crippen LogP contribution in [0.2, 0.25) is 0 Å². The number of carboxylic acid groups (broad SMARTS) is 1. The normalized spacial score (nSPS) is 20.9. The molecule has 0 aromatic heterocycles. The van der Waals surface area contributed by atoms with Crippen LogP contribution in [0.3, 0.4) is 0 Å². The van der Waals surface area contributed by atoms with E-state index in [4.69, 9.17) is 9.90 Å². The van der Waals surface area contributed by atoms with Gasteiger partial charge in [0.1, 0.15) is 5.97 Å². The van der Waals surface area contributed by atoms with Gasteiger partial charge in [0.25, 0.3) is 0 Å². The van der Waals surface area contributed by atoms with Crippen molar-refractivity contribution in [3.63, 3.8) is 0 Å². The Bertz CT molecular complexity index is 229. The summed E-state index contributed by atoms with van der Waals surface area (Å²) < 4.78 is 31.5. The Morgan fingerprint density at radius 2 is 1.62 bits per heavy atom. The predicted molar refractivity (Wildman–Crippen MR) is 50.0 cm³/mol. The monoisotopic (exact) mass is 241 g/mol. The van der Waals surface area contributed by atoms with Crippen molar-refractivity contribution in [3.05, 3.63) is 0 Å². The molecule has 3 nitrogen and oxygen atoms in total. The molecule has 0 unspecified atom stereocenters. The summed E-state index contributed by atoms with van der Waals surface area (Å²) in [7, 11) is 0. The van der Waals surface area contributed by atoms with Gasteiger partial charge in [-0.05, 0) is 31.1 Å². The van der Waals surface area contributed by atoms with E-state index in [0.717, 1.165) is 6.04 Å². The Balaban J connectivity index is 0.000000293. The van der Waals surface area contributed by atoms with E-state index in [9.17, 15) is 13.2 Å². The lowest BCUT2D eigenvalue weighted by Gasteiger charge is -2.30. The first-order valence-corrected chi connectivity index (χ1v) is 5.16. The molecule has 0 saturated heterocycles. The minimum atomic E-state index is -5.19. The number of hydrogen-bond acceptors (Lipinski definition) is 2. The van der Waals surface area contributed by atoms with Crippen LogP contribution in [0.5, 0.6) is 0 Å². The second-order valence-corrected chi connectivity index (χ2v) is 4.89. The predicted octanol–water partition coefficient (Wildman–Crippen LogP) is 0.496. The Hall–Kier alpha value is -0.780. The average molecular weight is 241 g/mol. The molecule has 16 heavy (non-hydrogen) atoms. The molecule has 0 aliphatic heterocycles. The smallest absolute Gasteiger partial charge is 0.430 e. The first-order chi connectivity index (χ1) is 7.04. The molecule has 0 bridgehead atoms. The maximum absolute atomic E-state index is 10.5. The molecule has 1 aliphatic carbocycles. The molecule has 0 radical (unpaired) electrons. The van der Waals surface area contributed by atoms with Gasteiger partial charge >= 0.3 is 6.18 Å². The molecule has 3 N–H and O–H groups in total. The summed E-state index contributed by atoms with van der Waals surface area (Å²) in [6.07, 6.45) is 0.238. The molecule has 1 rings (SSSR count). The van der Waals surface area contributed by atoms with Gasteiger partial charge in [0.15, 0.2) is 0 Å². The highest BCUT2D eigenvalue weighted by atomic mass is 19.4. The molecule has 0 spiro atoms. The molecular weight excluding hydrogens is 223 g/mol. The van der Waals surface area contributed by atoms with E-state index in [1.165, 1.54) is 25.7 Å². The maximum Gasteiger partial charge on any atom is 0.430 e. The zero-order valence-corrected chi connectivity index (χ0v) is 9.56. The van der Waals surface area contributed by atoms with Gasteiger partial charge in [0, 0.05) is 0 Å². The molecule has 1 saturated carbocycles. The van der Waals surface area contributed by atoms with Crippen LogP contribution < -0.4 is 10.8 Å². The molecular formula is C10H18F3NO2. The van der Waals surface area contributed by atoms with Crippen molar-refractivity contribution in [2.24, 2.45) is 5.41 Å². The number of carbonyl (C=O) groups excluding carboxylic acids is 1. The van der Waals surface area contributed by atoms with Crippen molar-refractivity contribution >= 4 is 5.97 Å². The second-order valence-electron chi connectivity index (χ2n) is 4.89. The highest BCUT2D eigenvalue weighted by Crippen LogP contribution is 2.33. The number of rotatable bonds is 0. The van der Waals surface area contributed by atoms with E-state index in [-0.39, 0.29) is 0 Å². The van der Waals surface area contributed by atoms with Crippen LogP contribution in [0.4, 0.5) is 13.2 Å². The SMILES string of the molecule is CC1(C)CCC([NH3+])CC1.O=C([O-])C(F)(F)F. The summed E-state index contributed by atoms with van der Waals surface area (Å²) in [4.78, 5) is 8.78. The second kappa shape index (κ2) is 5.52. The van der Waals surface area contributed by atoms with E-state index in [1.54, 1.807) is 0 Å². The van der Waals surface area contributed by atoms with Crippen molar-refractivity contribution in [1.29, 1.82) is 0 Å². The van der Waals surface area contributed by atoms with Gasteiger partial charge in [0.05, 0.1) is 6.04 Å². The summed E-state index contributed by atoms with van der Waals surface area (Å²) in [5.74, 6) is -3.01. The van der Waals surface area contributed by atoms with Crippen molar-refractivity contribution in [1.82, 2.24) is 0 Å². The van der Waals surface area contributed by atoms with Gasteiger partial charge in [-0.25, -0.2) is 0 Å². The standard InChI is InChI=1S/C8H17N.C2HF3O2/c1-8(2)5-3-7(9)4-6-8;3-2(4,5)1(6)7/h7H,3-6,9H2,1-2H3;(H,6,7). The van der Waals surface area contributed by atoms with Crippen molar-refractivity contribution in [3.8, 4) is 0 Å². The number of aliphatic carboxylic acids is 1. The first-order valence-electron chi connectivity index (χ1n) is 5.16. The number of hydrogen-bond donors (Lipinski definition) is 1. The minimum absolute atomic E-state index is 0.619. The number of alkyl halides is 3. The summed E-state index contributed by atoms with van der Waals surface area (Å²) in [6, 6.07) is 0.748. The summed E-state index contributed by atoms with van der Waals surface area (Å²) in [6.45, 7) is 4.72. The van der Waals surface area contributed by atoms with E-state index in [2.05, 4.69) is 19.6 Å². The molecule has 0 aromatic rings. The third-order valence-electron chi connectivity index (χ3n) is 2.69. The average Bonchev–Trinajstić information content (AvgIpc) is 2.10. The van der Waals surface area contributed by atoms with E-state index >= 15 is 0 Å². The van der Waals surface area contributed by atoms with Crippen LogP contribution in [0.25, 0.3) is 0 Å². The minimum Gasteiger partial charge on any atom is -0.542 e. The van der Waals surface area contributed by atoms with Gasteiger partial charge in [-0.1, -0.05) is 13.8 Å². The summed E-state index contributed by atoms with van der Waals surface area (Å²) in [5, 5.41) is 8.78. The van der Waals surface area contributed by atoms with Crippen LogP contribution >= 0.6 is 0 Å². The lowest BCUT2D eigenvalue weighted by Crippen LogP contribution is -2.62. The fourth-order valence-corrected chi connectivity index (χ4v) is 1.46. The number of carbonyl (C=O) groups is 1. The van der Waals surface area contributed by atoms with Crippen LogP contribution in [0, 0.1) is 5.41 Å². The molecule has 1 fully saturated rings. The molecule has 6 heteroatoms. The van der Waals surface area contributed by atoms with Gasteiger partial charge in [-0.3, -0.25) is 0 Å². The van der Waals surface area contributed by atoms with Gasteiger partial charge < -0.3 is 15.6 Å². The quantitative estimate of drug-likeness (QED) is 0.671. The fraction of sp³-hybridized carbons (Fsp3) is 0.900. The van der Waals surface area contributed by atoms with Crippen molar-refractivity contribution in [2.75, 3.05) is 0 Å². The Kier molecular flexibility index (Phi) is 5.25. The van der Waals surface area contributed by atoms with Crippen molar-refractivity contribution < 1.29 is 28.8 Å². The maximum atomic E-state index is 10.5. The Morgan fingerprint density at radius 3 is 1.81 bits per heavy atom. The summed E-state index contributed by atoms with van der Waals surface area (Å²) in [5.41, 5.74) is 4.68. The highest BCUT2D eigenvalue weighted by molar-refractivity contribution is 5.70. The zero-order chi connectivity index (χ0) is 13.0. The largest absolute Gasteiger partial charge is 0.542 e. The van der Waals surface area contributed by atoms with Crippen molar-refractivity contribution in [2.45, 2.75) is 51.7 Å². The number of carboxylic acids is 1. The summed E-state index contributed by atoms with van der Waals surface area (Å²) >= 11 is 0.